The topological polar surface area (TPSA) is 97.6 Å². The second-order valence-electron chi connectivity index (χ2n) is 11.6. The number of hydrogen-bond acceptors (Lipinski definition) is 5. The van der Waals surface area contributed by atoms with Gasteiger partial charge < -0.3 is 20.1 Å². The zero-order valence-electron chi connectivity index (χ0n) is 23.9. The number of hydrogen-bond donors (Lipinski definition) is 2. The third kappa shape index (κ3) is 8.28. The van der Waals surface area contributed by atoms with E-state index in [-0.39, 0.29) is 30.9 Å². The minimum absolute atomic E-state index is 0.00193. The van der Waals surface area contributed by atoms with Crippen LogP contribution in [0.25, 0.3) is 10.8 Å². The van der Waals surface area contributed by atoms with E-state index in [0.717, 1.165) is 47.6 Å². The molecule has 8 nitrogen and oxygen atoms in total. The van der Waals surface area contributed by atoms with Crippen LogP contribution in [0.5, 0.6) is 0 Å². The smallest absolute Gasteiger partial charge is 0.407 e. The van der Waals surface area contributed by atoms with Crippen molar-refractivity contribution in [3.05, 3.63) is 72.1 Å². The van der Waals surface area contributed by atoms with E-state index in [1.165, 1.54) is 6.42 Å². The van der Waals surface area contributed by atoms with E-state index in [1.54, 1.807) is 20.8 Å². The molecule has 3 aromatic rings. The average Bonchev–Trinajstić information content (AvgIpc) is 2.92. The number of carbonyl (C=O) groups is 3. The predicted octanol–water partition coefficient (Wildman–Crippen LogP) is 5.53. The fourth-order valence-electron chi connectivity index (χ4n) is 4.92. The number of esters is 1. The van der Waals surface area contributed by atoms with Gasteiger partial charge in [0.1, 0.15) is 19.3 Å². The number of carbonyl (C=O) groups excluding carboxylic acids is 3. The summed E-state index contributed by atoms with van der Waals surface area (Å²) in [7, 11) is 1.96. The molecule has 40 heavy (non-hydrogen) atoms. The van der Waals surface area contributed by atoms with Gasteiger partial charge in [-0.25, -0.2) is 9.36 Å². The Morgan fingerprint density at radius 2 is 1.70 bits per heavy atom. The van der Waals surface area contributed by atoms with E-state index in [2.05, 4.69) is 10.6 Å². The van der Waals surface area contributed by atoms with Crippen LogP contribution in [0.15, 0.2) is 60.9 Å². The number of alkyl carbamates (subject to hydrolysis) is 1. The van der Waals surface area contributed by atoms with Crippen molar-refractivity contribution < 1.29 is 28.4 Å². The molecule has 8 heteroatoms. The minimum atomic E-state index is -0.671. The Morgan fingerprint density at radius 3 is 2.40 bits per heavy atom. The molecular formula is C32H40N3O5+. The first-order valence-electron chi connectivity index (χ1n) is 14.0. The second-order valence-corrected chi connectivity index (χ2v) is 11.6. The van der Waals surface area contributed by atoms with Gasteiger partial charge in [-0.3, -0.25) is 9.59 Å². The lowest BCUT2D eigenvalue weighted by Crippen LogP contribution is -2.37. The molecule has 2 amide bonds. The Bertz CT molecular complexity index is 1340. The minimum Gasteiger partial charge on any atom is -0.461 e. The van der Waals surface area contributed by atoms with Gasteiger partial charge in [0.05, 0.1) is 11.8 Å². The second kappa shape index (κ2) is 12.9. The highest BCUT2D eigenvalue weighted by atomic mass is 16.6. The average molecular weight is 547 g/mol. The van der Waals surface area contributed by atoms with Crippen LogP contribution in [0.2, 0.25) is 0 Å². The summed E-state index contributed by atoms with van der Waals surface area (Å²) in [6.07, 6.45) is 8.51. The van der Waals surface area contributed by atoms with E-state index in [0.29, 0.717) is 5.69 Å². The molecule has 0 spiro atoms. The Labute approximate surface area is 236 Å². The number of ether oxygens (including phenoxy) is 2. The van der Waals surface area contributed by atoms with Gasteiger partial charge in [0.25, 0.3) is 0 Å². The van der Waals surface area contributed by atoms with Crippen LogP contribution in [0.4, 0.5) is 10.5 Å². The van der Waals surface area contributed by atoms with Crippen molar-refractivity contribution in [2.75, 3.05) is 11.9 Å². The van der Waals surface area contributed by atoms with E-state index in [4.69, 9.17) is 9.47 Å². The van der Waals surface area contributed by atoms with Gasteiger partial charge in [-0.2, -0.15) is 0 Å². The molecular weight excluding hydrogens is 506 g/mol. The van der Waals surface area contributed by atoms with Crippen molar-refractivity contribution in [1.29, 1.82) is 0 Å². The van der Waals surface area contributed by atoms with Crippen molar-refractivity contribution in [1.82, 2.24) is 5.32 Å². The van der Waals surface area contributed by atoms with Crippen LogP contribution in [0.1, 0.15) is 69.9 Å². The summed E-state index contributed by atoms with van der Waals surface area (Å²) in [5, 5.41) is 7.81. The summed E-state index contributed by atoms with van der Waals surface area (Å²) >= 11 is 0. The van der Waals surface area contributed by atoms with Gasteiger partial charge >= 0.3 is 12.1 Å². The first kappa shape index (κ1) is 29.1. The summed E-state index contributed by atoms with van der Waals surface area (Å²) in [6.45, 7) is 5.61. The Kier molecular flexibility index (Phi) is 9.40. The maximum absolute atomic E-state index is 13.5. The first-order chi connectivity index (χ1) is 19.1. The maximum atomic E-state index is 13.5. The predicted molar refractivity (Wildman–Crippen MR) is 154 cm³/mol. The highest BCUT2D eigenvalue weighted by molar-refractivity contribution is 5.98. The quantitative estimate of drug-likeness (QED) is 0.286. The molecule has 1 fully saturated rings. The lowest BCUT2D eigenvalue weighted by Gasteiger charge is -2.22. The van der Waals surface area contributed by atoms with E-state index in [1.807, 2.05) is 72.5 Å². The fourth-order valence-corrected chi connectivity index (χ4v) is 4.92. The van der Waals surface area contributed by atoms with Crippen LogP contribution >= 0.6 is 0 Å². The zero-order valence-corrected chi connectivity index (χ0v) is 23.9. The summed E-state index contributed by atoms with van der Waals surface area (Å²) in [4.78, 5) is 38.3. The van der Waals surface area contributed by atoms with Crippen LogP contribution in [0, 0.1) is 5.92 Å². The molecule has 0 radical (unpaired) electrons. The molecule has 1 aliphatic rings. The maximum Gasteiger partial charge on any atom is 0.407 e. The number of fused-ring (bicyclic) bond motifs is 1. The number of amides is 2. The summed E-state index contributed by atoms with van der Waals surface area (Å²) in [6, 6.07) is 15.1. The first-order valence-corrected chi connectivity index (χ1v) is 14.0. The van der Waals surface area contributed by atoms with Gasteiger partial charge in [-0.1, -0.05) is 43.5 Å². The molecule has 4 rings (SSSR count). The zero-order chi connectivity index (χ0) is 28.7. The Morgan fingerprint density at radius 1 is 0.975 bits per heavy atom. The van der Waals surface area contributed by atoms with Crippen molar-refractivity contribution in [2.24, 2.45) is 13.0 Å². The number of aryl methyl sites for hydroxylation is 1. The largest absolute Gasteiger partial charge is 0.461 e. The number of aromatic nitrogens is 1. The summed E-state index contributed by atoms with van der Waals surface area (Å²) in [5.41, 5.74) is 1.58. The molecule has 1 saturated carbocycles. The molecule has 1 unspecified atom stereocenters. The van der Waals surface area contributed by atoms with Crippen molar-refractivity contribution >= 4 is 34.4 Å². The molecule has 1 aliphatic carbocycles. The van der Waals surface area contributed by atoms with E-state index in [9.17, 15) is 14.4 Å². The number of benzene rings is 2. The highest BCUT2D eigenvalue weighted by Gasteiger charge is 2.25. The lowest BCUT2D eigenvalue weighted by atomic mass is 9.89. The van der Waals surface area contributed by atoms with Crippen molar-refractivity contribution in [2.45, 2.75) is 71.0 Å². The van der Waals surface area contributed by atoms with Gasteiger partial charge in [-0.05, 0) is 68.3 Å². The monoisotopic (exact) mass is 546 g/mol. The Hall–Kier alpha value is -3.94. The third-order valence-electron chi connectivity index (χ3n) is 7.05. The number of pyridine rings is 1. The molecule has 1 heterocycles. The van der Waals surface area contributed by atoms with E-state index >= 15 is 0 Å². The molecule has 0 saturated heterocycles. The standard InChI is InChI=1S/C32H39N3O5/c1-32(2,3)40-31(38)33-19-28(29(36)34-27-15-14-26-20-35(4)17-16-25(26)18-27)23-12-10-22(11-13-23)21-39-30(37)24-8-6-5-7-9-24/h10-18,20,24,28H,5-9,19,21H2,1-4H3,(H,33,38)/p+1. The molecule has 0 aliphatic heterocycles. The molecule has 212 valence electrons. The third-order valence-corrected chi connectivity index (χ3v) is 7.05. The van der Waals surface area contributed by atoms with Gasteiger partial charge in [0, 0.05) is 23.7 Å². The fraction of sp³-hybridized carbons (Fsp3) is 0.438. The van der Waals surface area contributed by atoms with Gasteiger partial charge in [0.15, 0.2) is 12.4 Å². The number of anilines is 1. The molecule has 2 N–H and O–H groups in total. The van der Waals surface area contributed by atoms with Crippen LogP contribution < -0.4 is 15.2 Å². The number of nitrogens with zero attached hydrogens (tertiary/aromatic N) is 1. The molecule has 1 aromatic heterocycles. The van der Waals surface area contributed by atoms with Gasteiger partial charge in [-0.15, -0.1) is 0 Å². The Balaban J connectivity index is 1.46. The highest BCUT2D eigenvalue weighted by Crippen LogP contribution is 2.26. The normalized spacial score (nSPS) is 14.8. The van der Waals surface area contributed by atoms with Crippen LogP contribution in [0.3, 0.4) is 0 Å². The molecule has 1 atom stereocenters. The van der Waals surface area contributed by atoms with Crippen LogP contribution in [-0.2, 0) is 32.7 Å². The SMILES string of the molecule is C[n+]1ccc2cc(NC(=O)C(CNC(=O)OC(C)(C)C)c3ccc(COC(=O)C4CCCCC4)cc3)ccc2c1. The number of nitrogens with one attached hydrogen (secondary N) is 2. The van der Waals surface area contributed by atoms with Gasteiger partial charge in [0.2, 0.25) is 5.91 Å². The summed E-state index contributed by atoms with van der Waals surface area (Å²) in [5.74, 6) is -1.06. The molecule has 2 aromatic carbocycles. The van der Waals surface area contributed by atoms with Crippen molar-refractivity contribution in [3.8, 4) is 0 Å². The molecule has 0 bridgehead atoms. The van der Waals surface area contributed by atoms with Crippen molar-refractivity contribution in [3.63, 3.8) is 0 Å². The lowest BCUT2D eigenvalue weighted by molar-refractivity contribution is -0.670. The van der Waals surface area contributed by atoms with E-state index < -0.39 is 17.6 Å². The number of rotatable bonds is 8. The van der Waals surface area contributed by atoms with Crippen LogP contribution in [-0.4, -0.2) is 30.1 Å². The summed E-state index contributed by atoms with van der Waals surface area (Å²) < 4.78 is 12.9.